The maximum Gasteiger partial charge on any atom is 0.225 e. The van der Waals surface area contributed by atoms with Crippen molar-refractivity contribution in [3.05, 3.63) is 30.1 Å². The summed E-state index contributed by atoms with van der Waals surface area (Å²) in [7, 11) is 2.06. The van der Waals surface area contributed by atoms with Gasteiger partial charge in [0.05, 0.1) is 29.6 Å². The predicted molar refractivity (Wildman–Crippen MR) is 97.2 cm³/mol. The van der Waals surface area contributed by atoms with Crippen LogP contribution in [0.15, 0.2) is 24.3 Å². The Morgan fingerprint density at radius 3 is 2.88 bits per heavy atom. The van der Waals surface area contributed by atoms with Crippen molar-refractivity contribution in [3.8, 4) is 0 Å². The molecule has 5 nitrogen and oxygen atoms in total. The zero-order chi connectivity index (χ0) is 17.4. The third-order valence-corrected chi connectivity index (χ3v) is 5.86. The number of aryl methyl sites for hydroxylation is 1. The Balaban J connectivity index is 1.59. The smallest absolute Gasteiger partial charge is 0.225 e. The van der Waals surface area contributed by atoms with Crippen LogP contribution in [0.25, 0.3) is 11.0 Å². The summed E-state index contributed by atoms with van der Waals surface area (Å²) in [4.78, 5) is 19.9. The number of amides is 1. The lowest BCUT2D eigenvalue weighted by Gasteiger charge is -2.36. The first kappa shape index (κ1) is 16.6. The Morgan fingerprint density at radius 2 is 2.12 bits per heavy atom. The highest BCUT2D eigenvalue weighted by molar-refractivity contribution is 5.78. The Morgan fingerprint density at radius 1 is 1.28 bits per heavy atom. The van der Waals surface area contributed by atoms with E-state index in [1.54, 1.807) is 0 Å². The molecule has 1 aromatic heterocycles. The SMILES string of the molecule is CC1CCOC1CC(=O)N1CCCCC1c1nc2ccccc2n1C. The van der Waals surface area contributed by atoms with Crippen LogP contribution >= 0.6 is 0 Å². The number of piperidine rings is 1. The lowest BCUT2D eigenvalue weighted by molar-refractivity contribution is -0.138. The molecule has 0 aliphatic carbocycles. The molecule has 0 saturated carbocycles. The molecule has 0 N–H and O–H groups in total. The summed E-state index contributed by atoms with van der Waals surface area (Å²) in [5.74, 6) is 1.70. The molecule has 2 fully saturated rings. The van der Waals surface area contributed by atoms with Crippen LogP contribution < -0.4 is 0 Å². The molecule has 25 heavy (non-hydrogen) atoms. The van der Waals surface area contributed by atoms with E-state index < -0.39 is 0 Å². The second-order valence-corrected chi connectivity index (χ2v) is 7.50. The first-order valence-corrected chi connectivity index (χ1v) is 9.47. The number of rotatable bonds is 3. The predicted octanol–water partition coefficient (Wildman–Crippen LogP) is 3.44. The second kappa shape index (κ2) is 6.79. The fourth-order valence-corrected chi connectivity index (χ4v) is 4.27. The Kier molecular flexibility index (Phi) is 4.50. The molecule has 4 rings (SSSR count). The Hall–Kier alpha value is -1.88. The molecule has 2 aliphatic rings. The van der Waals surface area contributed by atoms with Gasteiger partial charge in [0.25, 0.3) is 0 Å². The molecule has 1 amide bonds. The number of ether oxygens (including phenoxy) is 1. The molecule has 2 aliphatic heterocycles. The highest BCUT2D eigenvalue weighted by atomic mass is 16.5. The lowest BCUT2D eigenvalue weighted by Crippen LogP contribution is -2.41. The number of fused-ring (bicyclic) bond motifs is 1. The molecule has 0 spiro atoms. The van der Waals surface area contributed by atoms with Gasteiger partial charge in [-0.1, -0.05) is 19.1 Å². The van der Waals surface area contributed by atoms with Crippen LogP contribution in [0.1, 0.15) is 50.9 Å². The largest absolute Gasteiger partial charge is 0.377 e. The number of hydrogen-bond donors (Lipinski definition) is 0. The van der Waals surface area contributed by atoms with Crippen LogP contribution in [0, 0.1) is 5.92 Å². The molecular formula is C20H27N3O2. The van der Waals surface area contributed by atoms with E-state index in [1.807, 2.05) is 18.2 Å². The normalized spacial score (nSPS) is 27.1. The van der Waals surface area contributed by atoms with E-state index in [0.717, 1.165) is 55.7 Å². The molecule has 0 bridgehead atoms. The fourth-order valence-electron chi connectivity index (χ4n) is 4.27. The van der Waals surface area contributed by atoms with Crippen LogP contribution in [0.4, 0.5) is 0 Å². The number of aromatic nitrogens is 2. The summed E-state index contributed by atoms with van der Waals surface area (Å²) in [5, 5.41) is 0. The third-order valence-electron chi connectivity index (χ3n) is 5.86. The number of benzene rings is 1. The molecule has 3 atom stereocenters. The molecule has 0 radical (unpaired) electrons. The lowest BCUT2D eigenvalue weighted by atomic mass is 9.97. The number of imidazole rings is 1. The number of hydrogen-bond acceptors (Lipinski definition) is 3. The topological polar surface area (TPSA) is 47.4 Å². The Labute approximate surface area is 149 Å². The minimum atomic E-state index is 0.0790. The highest BCUT2D eigenvalue weighted by Gasteiger charge is 2.34. The number of likely N-dealkylation sites (tertiary alicyclic amines) is 1. The maximum absolute atomic E-state index is 13.0. The minimum absolute atomic E-state index is 0.0790. The first-order valence-electron chi connectivity index (χ1n) is 9.47. The average Bonchev–Trinajstić information content (AvgIpc) is 3.19. The number of carbonyl (C=O) groups is 1. The van der Waals surface area contributed by atoms with Crippen molar-refractivity contribution in [1.29, 1.82) is 0 Å². The van der Waals surface area contributed by atoms with Gasteiger partial charge in [0, 0.05) is 20.2 Å². The summed E-state index contributed by atoms with van der Waals surface area (Å²) < 4.78 is 7.92. The molecular weight excluding hydrogens is 314 g/mol. The van der Waals surface area contributed by atoms with Gasteiger partial charge in [-0.2, -0.15) is 0 Å². The van der Waals surface area contributed by atoms with Gasteiger partial charge in [0.15, 0.2) is 0 Å². The van der Waals surface area contributed by atoms with Crippen LogP contribution in [-0.4, -0.2) is 39.6 Å². The van der Waals surface area contributed by atoms with Gasteiger partial charge in [-0.3, -0.25) is 4.79 Å². The van der Waals surface area contributed by atoms with E-state index in [9.17, 15) is 4.79 Å². The molecule has 134 valence electrons. The number of nitrogens with zero attached hydrogens (tertiary/aromatic N) is 3. The highest BCUT2D eigenvalue weighted by Crippen LogP contribution is 2.33. The maximum atomic E-state index is 13.0. The standard InChI is InChI=1S/C20H27N3O2/c1-14-10-12-25-18(14)13-19(24)23-11-6-5-9-17(23)20-21-15-7-3-4-8-16(15)22(20)2/h3-4,7-8,14,17-18H,5-6,9-13H2,1-2H3. The average molecular weight is 341 g/mol. The van der Waals surface area contributed by atoms with Crippen LogP contribution in [-0.2, 0) is 16.6 Å². The van der Waals surface area contributed by atoms with E-state index in [2.05, 4.69) is 29.5 Å². The summed E-state index contributed by atoms with van der Waals surface area (Å²) in [6.45, 7) is 3.80. The molecule has 3 heterocycles. The van der Waals surface area contributed by atoms with Crippen LogP contribution in [0.3, 0.4) is 0 Å². The number of carbonyl (C=O) groups excluding carboxylic acids is 1. The van der Waals surface area contributed by atoms with Crippen molar-refractivity contribution in [3.63, 3.8) is 0 Å². The van der Waals surface area contributed by atoms with Crippen molar-refractivity contribution >= 4 is 16.9 Å². The van der Waals surface area contributed by atoms with E-state index in [4.69, 9.17) is 9.72 Å². The van der Waals surface area contributed by atoms with E-state index in [-0.39, 0.29) is 18.1 Å². The summed E-state index contributed by atoms with van der Waals surface area (Å²) >= 11 is 0. The van der Waals surface area contributed by atoms with Crippen molar-refractivity contribution in [2.45, 2.75) is 51.2 Å². The van der Waals surface area contributed by atoms with Gasteiger partial charge in [-0.05, 0) is 43.7 Å². The zero-order valence-electron chi connectivity index (χ0n) is 15.1. The van der Waals surface area contributed by atoms with Crippen molar-refractivity contribution in [1.82, 2.24) is 14.5 Å². The third kappa shape index (κ3) is 3.06. The fraction of sp³-hybridized carbons (Fsp3) is 0.600. The monoisotopic (exact) mass is 341 g/mol. The van der Waals surface area contributed by atoms with Crippen LogP contribution in [0.2, 0.25) is 0 Å². The van der Waals surface area contributed by atoms with Crippen molar-refractivity contribution in [2.75, 3.05) is 13.2 Å². The van der Waals surface area contributed by atoms with Crippen molar-refractivity contribution in [2.24, 2.45) is 13.0 Å². The van der Waals surface area contributed by atoms with E-state index in [0.29, 0.717) is 12.3 Å². The summed E-state index contributed by atoms with van der Waals surface area (Å²) in [5.41, 5.74) is 2.13. The van der Waals surface area contributed by atoms with Gasteiger partial charge in [-0.25, -0.2) is 4.98 Å². The van der Waals surface area contributed by atoms with Gasteiger partial charge in [-0.15, -0.1) is 0 Å². The zero-order valence-corrected chi connectivity index (χ0v) is 15.1. The van der Waals surface area contributed by atoms with E-state index in [1.165, 1.54) is 0 Å². The van der Waals surface area contributed by atoms with Crippen molar-refractivity contribution < 1.29 is 9.53 Å². The molecule has 2 aromatic rings. The van der Waals surface area contributed by atoms with Gasteiger partial charge in [0.2, 0.25) is 5.91 Å². The summed E-state index contributed by atoms with van der Waals surface area (Å²) in [6.07, 6.45) is 4.86. The molecule has 5 heteroatoms. The molecule has 3 unspecified atom stereocenters. The second-order valence-electron chi connectivity index (χ2n) is 7.50. The van der Waals surface area contributed by atoms with Gasteiger partial charge < -0.3 is 14.2 Å². The van der Waals surface area contributed by atoms with E-state index >= 15 is 0 Å². The quantitative estimate of drug-likeness (QED) is 0.859. The first-order chi connectivity index (χ1) is 12.1. The van der Waals surface area contributed by atoms with Crippen LogP contribution in [0.5, 0.6) is 0 Å². The molecule has 1 aromatic carbocycles. The Bertz CT molecular complexity index is 769. The number of para-hydroxylation sites is 2. The summed E-state index contributed by atoms with van der Waals surface area (Å²) in [6, 6.07) is 8.27. The minimum Gasteiger partial charge on any atom is -0.377 e. The van der Waals surface area contributed by atoms with Gasteiger partial charge >= 0.3 is 0 Å². The molecule has 2 saturated heterocycles. The van der Waals surface area contributed by atoms with Gasteiger partial charge in [0.1, 0.15) is 5.82 Å².